The first-order valence-electron chi connectivity index (χ1n) is 7.64. The van der Waals surface area contributed by atoms with Crippen LogP contribution in [0.1, 0.15) is 21.5 Å². The molecule has 0 aliphatic heterocycles. The van der Waals surface area contributed by atoms with Crippen molar-refractivity contribution in [3.05, 3.63) is 69.7 Å². The molecule has 0 saturated carbocycles. The number of hydrogen-bond acceptors (Lipinski definition) is 2. The van der Waals surface area contributed by atoms with Crippen LogP contribution in [0.4, 0.5) is 5.69 Å². The van der Waals surface area contributed by atoms with Gasteiger partial charge in [-0.2, -0.15) is 0 Å². The minimum atomic E-state index is -0.175. The predicted octanol–water partition coefficient (Wildman–Crippen LogP) is 5.48. The lowest BCUT2D eigenvalue weighted by atomic mass is 10.0. The first-order valence-corrected chi connectivity index (χ1v) is 8.44. The Hall–Kier alpha value is -2.33. The summed E-state index contributed by atoms with van der Waals surface area (Å²) in [5, 5.41) is 5.07. The van der Waals surface area contributed by atoms with Crippen LogP contribution in [-0.4, -0.2) is 13.0 Å². The Kier molecular flexibility index (Phi) is 4.58. The maximum Gasteiger partial charge on any atom is 0.259 e. The van der Waals surface area contributed by atoms with Crippen LogP contribution >= 0.6 is 15.9 Å². The molecule has 0 fully saturated rings. The van der Waals surface area contributed by atoms with E-state index < -0.39 is 0 Å². The standard InChI is InChI=1S/C20H18BrNO2/c1-12-8-16(21)9-13(2)19(12)22-20(23)17-10-14-6-4-5-7-15(14)11-18(17)24-3/h4-11H,1-3H3,(H,22,23). The normalized spacial score (nSPS) is 10.7. The van der Waals surface area contributed by atoms with Crippen LogP contribution < -0.4 is 10.1 Å². The summed E-state index contributed by atoms with van der Waals surface area (Å²) in [4.78, 5) is 12.8. The largest absolute Gasteiger partial charge is 0.496 e. The average Bonchev–Trinajstić information content (AvgIpc) is 2.56. The molecule has 0 atom stereocenters. The molecule has 122 valence electrons. The number of hydrogen-bond donors (Lipinski definition) is 1. The highest BCUT2D eigenvalue weighted by molar-refractivity contribution is 9.10. The SMILES string of the molecule is COc1cc2ccccc2cc1C(=O)Nc1c(C)cc(Br)cc1C. The van der Waals surface area contributed by atoms with Gasteiger partial charge in [0.15, 0.2) is 0 Å². The second-order valence-corrected chi connectivity index (χ2v) is 6.68. The van der Waals surface area contributed by atoms with Crippen molar-refractivity contribution in [2.45, 2.75) is 13.8 Å². The molecule has 0 bridgehead atoms. The van der Waals surface area contributed by atoms with Crippen molar-refractivity contribution in [2.75, 3.05) is 12.4 Å². The number of benzene rings is 3. The number of halogens is 1. The summed E-state index contributed by atoms with van der Waals surface area (Å²) in [6.07, 6.45) is 0. The molecule has 0 spiro atoms. The van der Waals surface area contributed by atoms with Gasteiger partial charge in [-0.1, -0.05) is 40.2 Å². The van der Waals surface area contributed by atoms with E-state index in [2.05, 4.69) is 21.2 Å². The number of fused-ring (bicyclic) bond motifs is 1. The Bertz CT molecular complexity index is 911. The van der Waals surface area contributed by atoms with E-state index in [0.717, 1.165) is 32.1 Å². The van der Waals surface area contributed by atoms with Gasteiger partial charge in [0, 0.05) is 10.2 Å². The van der Waals surface area contributed by atoms with E-state index >= 15 is 0 Å². The minimum Gasteiger partial charge on any atom is -0.496 e. The summed E-state index contributed by atoms with van der Waals surface area (Å²) in [6.45, 7) is 3.95. The smallest absolute Gasteiger partial charge is 0.259 e. The molecule has 0 aromatic heterocycles. The fourth-order valence-corrected chi connectivity index (χ4v) is 3.54. The van der Waals surface area contributed by atoms with E-state index in [1.54, 1.807) is 7.11 Å². The van der Waals surface area contributed by atoms with E-state index in [-0.39, 0.29) is 5.91 Å². The summed E-state index contributed by atoms with van der Waals surface area (Å²) in [7, 11) is 1.58. The van der Waals surface area contributed by atoms with Crippen LogP contribution in [0, 0.1) is 13.8 Å². The van der Waals surface area contributed by atoms with Gasteiger partial charge in [0.2, 0.25) is 0 Å². The average molecular weight is 384 g/mol. The third kappa shape index (κ3) is 3.15. The minimum absolute atomic E-state index is 0.175. The summed E-state index contributed by atoms with van der Waals surface area (Å²) < 4.78 is 6.42. The molecule has 0 radical (unpaired) electrons. The van der Waals surface area contributed by atoms with Gasteiger partial charge in [-0.15, -0.1) is 0 Å². The zero-order valence-corrected chi connectivity index (χ0v) is 15.4. The van der Waals surface area contributed by atoms with Crippen molar-refractivity contribution in [2.24, 2.45) is 0 Å². The zero-order chi connectivity index (χ0) is 17.3. The van der Waals surface area contributed by atoms with Gasteiger partial charge in [0.05, 0.1) is 12.7 Å². The highest BCUT2D eigenvalue weighted by atomic mass is 79.9. The third-order valence-corrected chi connectivity index (χ3v) is 4.51. The molecule has 0 aliphatic rings. The fraction of sp³-hybridized carbons (Fsp3) is 0.150. The number of carbonyl (C=O) groups excluding carboxylic acids is 1. The van der Waals surface area contributed by atoms with Crippen molar-refractivity contribution in [1.82, 2.24) is 0 Å². The van der Waals surface area contributed by atoms with E-state index in [9.17, 15) is 4.79 Å². The monoisotopic (exact) mass is 383 g/mol. The second kappa shape index (κ2) is 6.65. The number of carbonyl (C=O) groups is 1. The fourth-order valence-electron chi connectivity index (χ4n) is 2.85. The maximum atomic E-state index is 12.8. The number of aryl methyl sites for hydroxylation is 2. The molecule has 3 rings (SSSR count). The highest BCUT2D eigenvalue weighted by Gasteiger charge is 2.16. The van der Waals surface area contributed by atoms with E-state index in [0.29, 0.717) is 11.3 Å². The molecule has 24 heavy (non-hydrogen) atoms. The second-order valence-electron chi connectivity index (χ2n) is 5.77. The Balaban J connectivity index is 2.03. The van der Waals surface area contributed by atoms with Gasteiger partial charge in [-0.25, -0.2) is 0 Å². The zero-order valence-electron chi connectivity index (χ0n) is 13.8. The molecule has 1 N–H and O–H groups in total. The first-order chi connectivity index (χ1) is 11.5. The van der Waals surface area contributed by atoms with Crippen LogP contribution in [0.25, 0.3) is 10.8 Å². The van der Waals surface area contributed by atoms with Crippen LogP contribution in [0.3, 0.4) is 0 Å². The predicted molar refractivity (Wildman–Crippen MR) is 102 cm³/mol. The van der Waals surface area contributed by atoms with Crippen molar-refractivity contribution in [1.29, 1.82) is 0 Å². The molecular weight excluding hydrogens is 366 g/mol. The summed E-state index contributed by atoms with van der Waals surface area (Å²) in [5.41, 5.74) is 3.38. The van der Waals surface area contributed by atoms with Gasteiger partial charge in [0.25, 0.3) is 5.91 Å². The van der Waals surface area contributed by atoms with Crippen molar-refractivity contribution >= 4 is 38.3 Å². The van der Waals surface area contributed by atoms with E-state index in [1.807, 2.05) is 62.4 Å². The highest BCUT2D eigenvalue weighted by Crippen LogP contribution is 2.29. The Morgan fingerprint density at radius 3 is 2.17 bits per heavy atom. The number of methoxy groups -OCH3 is 1. The van der Waals surface area contributed by atoms with Crippen LogP contribution in [-0.2, 0) is 0 Å². The molecule has 3 aromatic carbocycles. The lowest BCUT2D eigenvalue weighted by Gasteiger charge is -2.14. The Morgan fingerprint density at radius 2 is 1.58 bits per heavy atom. The van der Waals surface area contributed by atoms with Gasteiger partial charge in [-0.3, -0.25) is 4.79 Å². The van der Waals surface area contributed by atoms with Gasteiger partial charge in [0.1, 0.15) is 5.75 Å². The van der Waals surface area contributed by atoms with E-state index in [1.165, 1.54) is 0 Å². The lowest BCUT2D eigenvalue weighted by Crippen LogP contribution is -2.15. The van der Waals surface area contributed by atoms with Crippen molar-refractivity contribution in [3.63, 3.8) is 0 Å². The molecule has 0 unspecified atom stereocenters. The molecule has 0 heterocycles. The topological polar surface area (TPSA) is 38.3 Å². The number of amides is 1. The van der Waals surface area contributed by atoms with Gasteiger partial charge in [-0.05, 0) is 60.0 Å². The maximum absolute atomic E-state index is 12.8. The molecule has 3 nitrogen and oxygen atoms in total. The number of anilines is 1. The number of ether oxygens (including phenoxy) is 1. The summed E-state index contributed by atoms with van der Waals surface area (Å²) in [5.74, 6) is 0.393. The Morgan fingerprint density at radius 1 is 1.00 bits per heavy atom. The first kappa shape index (κ1) is 16.5. The van der Waals surface area contributed by atoms with Crippen molar-refractivity contribution in [3.8, 4) is 5.75 Å². The molecule has 0 aliphatic carbocycles. The summed E-state index contributed by atoms with van der Waals surface area (Å²) >= 11 is 3.48. The Labute approximate surface area is 149 Å². The lowest BCUT2D eigenvalue weighted by molar-refractivity contribution is 0.102. The summed E-state index contributed by atoms with van der Waals surface area (Å²) in [6, 6.07) is 15.7. The van der Waals surface area contributed by atoms with Crippen LogP contribution in [0.2, 0.25) is 0 Å². The quantitative estimate of drug-likeness (QED) is 0.649. The van der Waals surface area contributed by atoms with Crippen LogP contribution in [0.15, 0.2) is 53.0 Å². The third-order valence-electron chi connectivity index (χ3n) is 4.05. The number of rotatable bonds is 3. The molecule has 4 heteroatoms. The van der Waals surface area contributed by atoms with Crippen molar-refractivity contribution < 1.29 is 9.53 Å². The number of nitrogens with one attached hydrogen (secondary N) is 1. The van der Waals surface area contributed by atoms with Gasteiger partial charge >= 0.3 is 0 Å². The van der Waals surface area contributed by atoms with Gasteiger partial charge < -0.3 is 10.1 Å². The van der Waals surface area contributed by atoms with Crippen LogP contribution in [0.5, 0.6) is 5.75 Å². The van der Waals surface area contributed by atoms with E-state index in [4.69, 9.17) is 4.74 Å². The molecular formula is C20H18BrNO2. The molecule has 3 aromatic rings. The molecule has 0 saturated heterocycles. The molecule has 1 amide bonds.